The molecule has 1 aliphatic carbocycles. The minimum absolute atomic E-state index is 0.963. The summed E-state index contributed by atoms with van der Waals surface area (Å²) < 4.78 is 0. The van der Waals surface area contributed by atoms with Gasteiger partial charge in [0.2, 0.25) is 0 Å². The van der Waals surface area contributed by atoms with Crippen LogP contribution in [0.3, 0.4) is 0 Å². The molecule has 0 aromatic rings. The molecule has 0 radical (unpaired) electrons. The molecule has 3 atom stereocenters. The van der Waals surface area contributed by atoms with E-state index < -0.39 is 0 Å². The van der Waals surface area contributed by atoms with Crippen LogP contribution in [0.5, 0.6) is 0 Å². The lowest BCUT2D eigenvalue weighted by molar-refractivity contribution is 0.899. The summed E-state index contributed by atoms with van der Waals surface area (Å²) in [4.78, 5) is 0. The van der Waals surface area contributed by atoms with E-state index in [1.807, 2.05) is 11.8 Å². The summed E-state index contributed by atoms with van der Waals surface area (Å²) in [6.45, 7) is 2.33. The standard InChI is InChI=1S/C6H8S/c1-4-5-2-3-7-6(4)5/h2-6H,1H3/t4-,5+,6-/m0/s1. The van der Waals surface area contributed by atoms with Crippen molar-refractivity contribution in [3.05, 3.63) is 11.5 Å². The van der Waals surface area contributed by atoms with Crippen LogP contribution in [0.25, 0.3) is 0 Å². The zero-order valence-corrected chi connectivity index (χ0v) is 5.11. The average molecular weight is 112 g/mol. The highest BCUT2D eigenvalue weighted by atomic mass is 32.2. The van der Waals surface area contributed by atoms with Gasteiger partial charge in [0.05, 0.1) is 0 Å². The van der Waals surface area contributed by atoms with Gasteiger partial charge in [0.15, 0.2) is 0 Å². The van der Waals surface area contributed by atoms with E-state index in [0.29, 0.717) is 0 Å². The molecule has 0 unspecified atom stereocenters. The van der Waals surface area contributed by atoms with Gasteiger partial charge in [0.25, 0.3) is 0 Å². The number of rotatable bonds is 0. The first-order valence-corrected chi connectivity index (χ1v) is 3.66. The first-order chi connectivity index (χ1) is 3.39. The van der Waals surface area contributed by atoms with E-state index in [4.69, 9.17) is 0 Å². The molecule has 7 heavy (non-hydrogen) atoms. The van der Waals surface area contributed by atoms with Gasteiger partial charge in [0.1, 0.15) is 0 Å². The van der Waals surface area contributed by atoms with Crippen molar-refractivity contribution >= 4 is 11.8 Å². The highest BCUT2D eigenvalue weighted by molar-refractivity contribution is 8.03. The lowest BCUT2D eigenvalue weighted by atomic mass is 10.3. The van der Waals surface area contributed by atoms with Crippen LogP contribution in [0.4, 0.5) is 0 Å². The zero-order chi connectivity index (χ0) is 4.85. The molecule has 0 nitrogen and oxygen atoms in total. The monoisotopic (exact) mass is 112 g/mol. The summed E-state index contributed by atoms with van der Waals surface area (Å²) in [5.74, 6) is 1.96. The molecule has 0 aromatic carbocycles. The van der Waals surface area contributed by atoms with E-state index in [-0.39, 0.29) is 0 Å². The molecule has 0 saturated heterocycles. The number of fused-ring (bicyclic) bond motifs is 1. The van der Waals surface area contributed by atoms with Gasteiger partial charge in [-0.15, -0.1) is 11.8 Å². The molecular formula is C6H8S. The van der Waals surface area contributed by atoms with Crippen LogP contribution in [0.1, 0.15) is 6.92 Å². The van der Waals surface area contributed by atoms with E-state index in [0.717, 1.165) is 17.1 Å². The second-order valence-corrected chi connectivity index (χ2v) is 3.45. The smallest absolute Gasteiger partial charge is 0.0186 e. The minimum Gasteiger partial charge on any atom is -0.130 e. The van der Waals surface area contributed by atoms with Crippen molar-refractivity contribution < 1.29 is 0 Å². The summed E-state index contributed by atoms with van der Waals surface area (Å²) in [6, 6.07) is 0. The molecule has 1 heteroatoms. The van der Waals surface area contributed by atoms with Gasteiger partial charge in [-0.3, -0.25) is 0 Å². The van der Waals surface area contributed by atoms with Crippen LogP contribution >= 0.6 is 11.8 Å². The van der Waals surface area contributed by atoms with Crippen LogP contribution in [-0.4, -0.2) is 5.25 Å². The average Bonchev–Trinajstić information content (AvgIpc) is 2.26. The largest absolute Gasteiger partial charge is 0.130 e. The minimum atomic E-state index is 0.963. The molecule has 1 aliphatic heterocycles. The van der Waals surface area contributed by atoms with Gasteiger partial charge >= 0.3 is 0 Å². The van der Waals surface area contributed by atoms with Crippen molar-refractivity contribution in [2.24, 2.45) is 11.8 Å². The van der Waals surface area contributed by atoms with Crippen molar-refractivity contribution in [2.75, 3.05) is 0 Å². The first kappa shape index (κ1) is 4.02. The molecule has 1 fully saturated rings. The third-order valence-electron chi connectivity index (χ3n) is 1.90. The highest BCUT2D eigenvalue weighted by Crippen LogP contribution is 2.53. The molecule has 0 amide bonds. The first-order valence-electron chi connectivity index (χ1n) is 2.72. The fraction of sp³-hybridized carbons (Fsp3) is 0.667. The van der Waals surface area contributed by atoms with E-state index in [2.05, 4.69) is 18.4 Å². The topological polar surface area (TPSA) is 0 Å². The summed E-state index contributed by atoms with van der Waals surface area (Å²) in [5.41, 5.74) is 0. The van der Waals surface area contributed by atoms with Crippen LogP contribution in [0, 0.1) is 11.8 Å². The molecular weight excluding hydrogens is 104 g/mol. The molecule has 1 saturated carbocycles. The normalized spacial score (nSPS) is 54.7. The van der Waals surface area contributed by atoms with Crippen molar-refractivity contribution in [2.45, 2.75) is 12.2 Å². The maximum atomic E-state index is 2.33. The van der Waals surface area contributed by atoms with E-state index in [1.165, 1.54) is 0 Å². The van der Waals surface area contributed by atoms with Gasteiger partial charge in [0, 0.05) is 5.25 Å². The van der Waals surface area contributed by atoms with Crippen molar-refractivity contribution in [1.29, 1.82) is 0 Å². The lowest BCUT2D eigenvalue weighted by Crippen LogP contribution is -1.68. The SMILES string of the molecule is C[C@H]1[C@H]2C=CS[C@@H]12. The fourth-order valence-corrected chi connectivity index (χ4v) is 2.49. The van der Waals surface area contributed by atoms with Crippen LogP contribution < -0.4 is 0 Å². The molecule has 1 heterocycles. The number of hydrogen-bond acceptors (Lipinski definition) is 1. The van der Waals surface area contributed by atoms with E-state index in [1.54, 1.807) is 0 Å². The fourth-order valence-electron chi connectivity index (χ4n) is 1.18. The number of allylic oxidation sites excluding steroid dienone is 1. The Morgan fingerprint density at radius 1 is 1.57 bits per heavy atom. The van der Waals surface area contributed by atoms with Crippen molar-refractivity contribution in [3.63, 3.8) is 0 Å². The van der Waals surface area contributed by atoms with E-state index in [9.17, 15) is 0 Å². The molecule has 0 N–H and O–H groups in total. The maximum absolute atomic E-state index is 2.33. The molecule has 2 aliphatic rings. The van der Waals surface area contributed by atoms with Gasteiger partial charge in [-0.25, -0.2) is 0 Å². The Labute approximate surface area is 48.0 Å². The molecule has 0 aromatic heterocycles. The summed E-state index contributed by atoms with van der Waals surface area (Å²) in [6.07, 6.45) is 2.33. The second-order valence-electron chi connectivity index (χ2n) is 2.37. The molecule has 0 bridgehead atoms. The Kier molecular flexibility index (Phi) is 0.620. The summed E-state index contributed by atoms with van der Waals surface area (Å²) >= 11 is 2.00. The van der Waals surface area contributed by atoms with Gasteiger partial charge in [-0.1, -0.05) is 13.0 Å². The maximum Gasteiger partial charge on any atom is 0.0186 e. The Bertz CT molecular complexity index is 117. The predicted molar refractivity (Wildman–Crippen MR) is 33.2 cm³/mol. The Morgan fingerprint density at radius 3 is 2.71 bits per heavy atom. The number of hydrogen-bond donors (Lipinski definition) is 0. The second kappa shape index (κ2) is 1.08. The Morgan fingerprint density at radius 2 is 2.43 bits per heavy atom. The van der Waals surface area contributed by atoms with Crippen molar-refractivity contribution in [3.8, 4) is 0 Å². The van der Waals surface area contributed by atoms with Gasteiger partial charge in [-0.05, 0) is 17.2 Å². The predicted octanol–water partition coefficient (Wildman–Crippen LogP) is 1.88. The Hall–Kier alpha value is 0.0900. The zero-order valence-electron chi connectivity index (χ0n) is 4.29. The molecule has 2 rings (SSSR count). The van der Waals surface area contributed by atoms with Crippen LogP contribution in [0.15, 0.2) is 11.5 Å². The summed E-state index contributed by atoms with van der Waals surface area (Å²) in [5, 5.41) is 3.22. The summed E-state index contributed by atoms with van der Waals surface area (Å²) in [7, 11) is 0. The van der Waals surface area contributed by atoms with Crippen LogP contribution in [-0.2, 0) is 0 Å². The van der Waals surface area contributed by atoms with Crippen LogP contribution in [0.2, 0.25) is 0 Å². The lowest BCUT2D eigenvalue weighted by Gasteiger charge is -1.81. The van der Waals surface area contributed by atoms with Gasteiger partial charge < -0.3 is 0 Å². The quantitative estimate of drug-likeness (QED) is 0.461. The third kappa shape index (κ3) is 0.394. The Balaban J connectivity index is 2.18. The van der Waals surface area contributed by atoms with E-state index >= 15 is 0 Å². The highest BCUT2D eigenvalue weighted by Gasteiger charge is 2.47. The molecule has 38 valence electrons. The van der Waals surface area contributed by atoms with Gasteiger partial charge in [-0.2, -0.15) is 0 Å². The third-order valence-corrected chi connectivity index (χ3v) is 3.27. The number of thioether (sulfide) groups is 1. The molecule has 0 spiro atoms. The van der Waals surface area contributed by atoms with Crippen molar-refractivity contribution in [1.82, 2.24) is 0 Å².